The van der Waals surface area contributed by atoms with E-state index < -0.39 is 0 Å². The van der Waals surface area contributed by atoms with Gasteiger partial charge in [0.15, 0.2) is 11.6 Å². The van der Waals surface area contributed by atoms with Gasteiger partial charge in [-0.3, -0.25) is 9.97 Å². The molecule has 8 aromatic heterocycles. The highest BCUT2D eigenvalue weighted by molar-refractivity contribution is 6.28. The molecule has 1 saturated heterocycles. The van der Waals surface area contributed by atoms with Crippen LogP contribution < -0.4 is 15.5 Å². The molecule has 2 N–H and O–H groups in total. The highest BCUT2D eigenvalue weighted by Crippen LogP contribution is 2.38. The summed E-state index contributed by atoms with van der Waals surface area (Å²) in [5, 5.41) is 15.7. The van der Waals surface area contributed by atoms with E-state index in [9.17, 15) is 0 Å². The fraction of sp³-hybridized carbons (Fsp3) is 0.349. The summed E-state index contributed by atoms with van der Waals surface area (Å²) >= 11 is 5.90. The predicted octanol–water partition coefficient (Wildman–Crippen LogP) is 9.14. The van der Waals surface area contributed by atoms with Crippen LogP contribution in [0.2, 0.25) is 5.28 Å². The summed E-state index contributed by atoms with van der Waals surface area (Å²) in [6.45, 7) is 0.920. The third kappa shape index (κ3) is 8.46. The molecule has 3 aliphatic carbocycles. The summed E-state index contributed by atoms with van der Waals surface area (Å²) < 4.78 is 7.88. The minimum atomic E-state index is 0.200. The van der Waals surface area contributed by atoms with E-state index in [-0.39, 0.29) is 11.3 Å². The summed E-state index contributed by atoms with van der Waals surface area (Å²) in [6, 6.07) is 21.5. The van der Waals surface area contributed by atoms with Gasteiger partial charge in [-0.05, 0) is 111 Å². The third-order valence-electron chi connectivity index (χ3n) is 11.4. The van der Waals surface area contributed by atoms with Crippen LogP contribution in [0.25, 0.3) is 11.0 Å². The number of nitrogens with zero attached hydrogens (tertiary/aromatic N) is 13. The maximum atomic E-state index is 5.90. The van der Waals surface area contributed by atoms with Crippen molar-refractivity contribution >= 4 is 51.9 Å². The molecule has 1 atom stereocenters. The molecule has 0 aromatic carbocycles. The fourth-order valence-corrected chi connectivity index (χ4v) is 8.22. The van der Waals surface area contributed by atoms with Crippen molar-refractivity contribution in [3.05, 3.63) is 127 Å². The van der Waals surface area contributed by atoms with Gasteiger partial charge in [0.1, 0.15) is 22.7 Å². The van der Waals surface area contributed by atoms with Crippen LogP contribution in [0.5, 0.6) is 0 Å². The average molecular weight is 808 g/mol. The van der Waals surface area contributed by atoms with Crippen molar-refractivity contribution in [1.82, 2.24) is 58.3 Å². The number of aromatic nitrogens is 12. The SMILES string of the molecule is Clc1nc(Nc2cn(C3CC3)cn2)c2cccn2n1.c1ccc(C2CCCC2)nc1.c1ccc(C2CCCN2c2nc(Nc3cn(C4CC4)cn3)c3cccn3n2)nc1. The van der Waals surface area contributed by atoms with Crippen molar-refractivity contribution in [2.45, 2.75) is 88.3 Å². The van der Waals surface area contributed by atoms with Gasteiger partial charge in [-0.25, -0.2) is 19.0 Å². The van der Waals surface area contributed by atoms with Crippen molar-refractivity contribution in [3.8, 4) is 0 Å². The van der Waals surface area contributed by atoms with Crippen LogP contribution in [0.3, 0.4) is 0 Å². The van der Waals surface area contributed by atoms with E-state index in [0.717, 1.165) is 59.5 Å². The molecule has 9 heterocycles. The number of hydrogen-bond acceptors (Lipinski definition) is 11. The molecule has 300 valence electrons. The molecular formula is C43H46ClN15. The van der Waals surface area contributed by atoms with Gasteiger partial charge < -0.3 is 24.7 Å². The highest BCUT2D eigenvalue weighted by atomic mass is 35.5. The minimum Gasteiger partial charge on any atom is -0.332 e. The predicted molar refractivity (Wildman–Crippen MR) is 228 cm³/mol. The smallest absolute Gasteiger partial charge is 0.246 e. The lowest BCUT2D eigenvalue weighted by Crippen LogP contribution is -2.26. The lowest BCUT2D eigenvalue weighted by atomic mass is 10.0. The molecule has 4 fully saturated rings. The topological polar surface area (TPSA) is 149 Å². The number of imidazole rings is 2. The first-order valence-corrected chi connectivity index (χ1v) is 21.0. The Hall–Kier alpha value is -6.35. The molecule has 1 unspecified atom stereocenters. The van der Waals surface area contributed by atoms with Crippen LogP contribution in [0.15, 0.2) is 110 Å². The number of anilines is 5. The van der Waals surface area contributed by atoms with Crippen molar-refractivity contribution in [2.75, 3.05) is 22.1 Å². The molecule has 1 aliphatic heterocycles. The van der Waals surface area contributed by atoms with E-state index in [4.69, 9.17) is 21.7 Å². The Morgan fingerprint density at radius 2 is 1.17 bits per heavy atom. The Labute approximate surface area is 346 Å². The van der Waals surface area contributed by atoms with Crippen molar-refractivity contribution in [3.63, 3.8) is 0 Å². The Morgan fingerprint density at radius 1 is 0.576 bits per heavy atom. The first-order chi connectivity index (χ1) is 29.1. The van der Waals surface area contributed by atoms with E-state index in [0.29, 0.717) is 23.8 Å². The maximum absolute atomic E-state index is 5.90. The number of halogens is 1. The van der Waals surface area contributed by atoms with E-state index in [2.05, 4.69) is 79.1 Å². The fourth-order valence-electron chi connectivity index (χ4n) is 8.05. The van der Waals surface area contributed by atoms with Crippen LogP contribution in [-0.2, 0) is 0 Å². The van der Waals surface area contributed by atoms with Crippen molar-refractivity contribution < 1.29 is 0 Å². The number of pyridine rings is 2. The first kappa shape index (κ1) is 37.0. The van der Waals surface area contributed by atoms with Crippen molar-refractivity contribution in [1.29, 1.82) is 0 Å². The van der Waals surface area contributed by atoms with Gasteiger partial charge in [0.05, 0.1) is 24.4 Å². The Kier molecular flexibility index (Phi) is 10.3. The lowest BCUT2D eigenvalue weighted by Gasteiger charge is -2.24. The van der Waals surface area contributed by atoms with Gasteiger partial charge >= 0.3 is 0 Å². The largest absolute Gasteiger partial charge is 0.332 e. The molecule has 0 spiro atoms. The number of hydrogen-bond donors (Lipinski definition) is 2. The van der Waals surface area contributed by atoms with Crippen LogP contribution in [0.1, 0.15) is 99.6 Å². The van der Waals surface area contributed by atoms with Crippen LogP contribution in [-0.4, -0.2) is 64.8 Å². The zero-order chi connectivity index (χ0) is 39.5. The summed E-state index contributed by atoms with van der Waals surface area (Å²) in [4.78, 5) is 29.2. The zero-order valence-corrected chi connectivity index (χ0v) is 33.4. The summed E-state index contributed by atoms with van der Waals surface area (Å²) in [7, 11) is 0. The second-order valence-corrected chi connectivity index (χ2v) is 16.0. The summed E-state index contributed by atoms with van der Waals surface area (Å²) in [5.41, 5.74) is 4.16. The molecule has 4 aliphatic rings. The first-order valence-electron chi connectivity index (χ1n) is 20.7. The molecule has 3 saturated carbocycles. The van der Waals surface area contributed by atoms with Gasteiger partial charge in [-0.2, -0.15) is 9.97 Å². The standard InChI is InChI=1S/C21H22N8.C12H11ClN6.C10H13N/c1-2-10-22-16(5-1)17-6-3-11-28(17)21-25-20(18-7-4-12-29(18)26-21)24-19-13-27(14-23-19)15-8-9-15;13-12-16-11(9-2-1-5-19(9)17-12)15-10-6-18(7-14-10)8-3-4-8;1-2-6-9(5-1)10-7-3-4-8-11-10/h1-2,4-5,7,10,12-15,17H,3,6,8-9,11H2,(H,24,25,26);1-2,5-8H,3-4H2,(H,15,16,17);3-4,7-9H,1-2,5-6H2. The van der Waals surface area contributed by atoms with E-state index in [1.165, 1.54) is 57.1 Å². The molecule has 16 heteroatoms. The van der Waals surface area contributed by atoms with Gasteiger partial charge in [-0.1, -0.05) is 25.0 Å². The van der Waals surface area contributed by atoms with Crippen LogP contribution in [0.4, 0.5) is 29.2 Å². The van der Waals surface area contributed by atoms with Gasteiger partial charge in [0.25, 0.3) is 0 Å². The minimum absolute atomic E-state index is 0.200. The average Bonchev–Trinajstić information content (AvgIpc) is 3.76. The lowest BCUT2D eigenvalue weighted by molar-refractivity contribution is 0.670. The van der Waals surface area contributed by atoms with Crippen LogP contribution in [0, 0.1) is 0 Å². The number of fused-ring (bicyclic) bond motifs is 2. The number of rotatable bonds is 9. The molecule has 12 rings (SSSR count). The third-order valence-corrected chi connectivity index (χ3v) is 11.5. The molecule has 0 amide bonds. The Bertz CT molecular complexity index is 2620. The quantitative estimate of drug-likeness (QED) is 0.144. The Morgan fingerprint density at radius 3 is 1.76 bits per heavy atom. The normalized spacial score (nSPS) is 17.8. The van der Waals surface area contributed by atoms with Crippen LogP contribution >= 0.6 is 11.6 Å². The second kappa shape index (κ2) is 16.5. The molecule has 0 bridgehead atoms. The highest BCUT2D eigenvalue weighted by Gasteiger charge is 2.30. The molecule has 59 heavy (non-hydrogen) atoms. The summed E-state index contributed by atoms with van der Waals surface area (Å²) in [5.74, 6) is 4.48. The van der Waals surface area contributed by atoms with Gasteiger partial charge in [0, 0.05) is 67.4 Å². The molecular weight excluding hydrogens is 762 g/mol. The van der Waals surface area contributed by atoms with E-state index >= 15 is 0 Å². The Balaban J connectivity index is 0.000000120. The van der Waals surface area contributed by atoms with Gasteiger partial charge in [0.2, 0.25) is 11.2 Å². The van der Waals surface area contributed by atoms with E-state index in [1.54, 1.807) is 4.52 Å². The van der Waals surface area contributed by atoms with E-state index in [1.807, 2.05) is 90.6 Å². The zero-order valence-electron chi connectivity index (χ0n) is 32.7. The molecule has 15 nitrogen and oxygen atoms in total. The summed E-state index contributed by atoms with van der Waals surface area (Å²) in [6.07, 6.45) is 27.9. The molecule has 0 radical (unpaired) electrons. The monoisotopic (exact) mass is 807 g/mol. The van der Waals surface area contributed by atoms with Crippen molar-refractivity contribution in [2.24, 2.45) is 0 Å². The van der Waals surface area contributed by atoms with Gasteiger partial charge in [-0.15, -0.1) is 10.2 Å². The number of nitrogens with one attached hydrogen (secondary N) is 2. The molecule has 8 aromatic rings. The second-order valence-electron chi connectivity index (χ2n) is 15.6. The maximum Gasteiger partial charge on any atom is 0.246 e.